The van der Waals surface area contributed by atoms with Crippen LogP contribution in [0.25, 0.3) is 10.2 Å². The fourth-order valence-electron chi connectivity index (χ4n) is 2.17. The summed E-state index contributed by atoms with van der Waals surface area (Å²) < 4.78 is 16.8. The molecule has 0 saturated carbocycles. The first kappa shape index (κ1) is 17.3. The molecule has 0 spiro atoms. The number of carbonyl (C=O) groups is 1. The maximum Gasteiger partial charge on any atom is 0.264 e. The first-order valence-electron chi connectivity index (χ1n) is 7.30. The molecule has 0 radical (unpaired) electrons. The maximum absolute atomic E-state index is 12.1. The molecular formula is C17H15ClN2O4S. The number of ether oxygens (including phenoxy) is 3. The average Bonchev–Trinajstić information content (AvgIpc) is 3.03. The van der Waals surface area contributed by atoms with Gasteiger partial charge in [-0.05, 0) is 36.4 Å². The Bertz CT molecular complexity index is 855. The minimum atomic E-state index is -0.313. The molecule has 1 amide bonds. The van der Waals surface area contributed by atoms with Crippen LogP contribution in [0.2, 0.25) is 5.02 Å². The second-order valence-corrected chi connectivity index (χ2v) is 6.39. The first-order chi connectivity index (χ1) is 12.1. The van der Waals surface area contributed by atoms with Gasteiger partial charge in [-0.2, -0.15) is 0 Å². The minimum absolute atomic E-state index is 0.133. The summed E-state index contributed by atoms with van der Waals surface area (Å²) in [6.07, 6.45) is 0. The smallest absolute Gasteiger partial charge is 0.264 e. The highest BCUT2D eigenvalue weighted by atomic mass is 35.5. The van der Waals surface area contributed by atoms with Crippen LogP contribution in [0.3, 0.4) is 0 Å². The number of methoxy groups -OCH3 is 2. The summed E-state index contributed by atoms with van der Waals surface area (Å²) in [4.78, 5) is 16.5. The molecule has 2 aromatic carbocycles. The van der Waals surface area contributed by atoms with E-state index in [4.69, 9.17) is 25.8 Å². The molecule has 25 heavy (non-hydrogen) atoms. The quantitative estimate of drug-likeness (QED) is 0.702. The lowest BCUT2D eigenvalue weighted by Crippen LogP contribution is -2.19. The molecule has 1 aromatic heterocycles. The van der Waals surface area contributed by atoms with E-state index in [1.807, 2.05) is 0 Å². The van der Waals surface area contributed by atoms with E-state index < -0.39 is 0 Å². The fraction of sp³-hybridized carbons (Fsp3) is 0.176. The van der Waals surface area contributed by atoms with E-state index in [1.54, 1.807) is 50.6 Å². The van der Waals surface area contributed by atoms with E-state index in [9.17, 15) is 4.79 Å². The molecule has 1 heterocycles. The molecule has 6 nitrogen and oxygen atoms in total. The standard InChI is InChI=1S/C17H15ClN2O4S/c1-22-12-7-8-13(23-2)16-15(12)20-17(25-16)19-14(21)9-24-11-5-3-10(18)4-6-11/h3-8H,9H2,1-2H3,(H,19,20,21). The number of benzene rings is 2. The molecule has 0 aliphatic heterocycles. The van der Waals surface area contributed by atoms with Crippen molar-refractivity contribution in [2.45, 2.75) is 0 Å². The molecule has 0 atom stereocenters. The maximum atomic E-state index is 12.1. The molecule has 1 N–H and O–H groups in total. The zero-order valence-corrected chi connectivity index (χ0v) is 15.1. The van der Waals surface area contributed by atoms with Crippen molar-refractivity contribution in [3.63, 3.8) is 0 Å². The van der Waals surface area contributed by atoms with Gasteiger partial charge in [-0.3, -0.25) is 10.1 Å². The van der Waals surface area contributed by atoms with Crippen LogP contribution in [0.1, 0.15) is 0 Å². The number of amides is 1. The molecule has 0 aliphatic rings. The van der Waals surface area contributed by atoms with E-state index in [-0.39, 0.29) is 12.5 Å². The van der Waals surface area contributed by atoms with Gasteiger partial charge in [0.25, 0.3) is 5.91 Å². The van der Waals surface area contributed by atoms with Crippen molar-refractivity contribution in [1.82, 2.24) is 4.98 Å². The summed E-state index contributed by atoms with van der Waals surface area (Å²) in [6, 6.07) is 10.4. The SMILES string of the molecule is COc1ccc(OC)c2sc(NC(=O)COc3ccc(Cl)cc3)nc12. The average molecular weight is 379 g/mol. The number of anilines is 1. The van der Waals surface area contributed by atoms with E-state index in [1.165, 1.54) is 11.3 Å². The van der Waals surface area contributed by atoms with Crippen LogP contribution in [0.5, 0.6) is 17.2 Å². The Morgan fingerprint density at radius 1 is 1.12 bits per heavy atom. The second kappa shape index (κ2) is 7.58. The van der Waals surface area contributed by atoms with Gasteiger partial charge in [0.15, 0.2) is 11.7 Å². The van der Waals surface area contributed by atoms with E-state index >= 15 is 0 Å². The van der Waals surface area contributed by atoms with E-state index in [0.29, 0.717) is 32.9 Å². The van der Waals surface area contributed by atoms with Crippen molar-refractivity contribution in [2.24, 2.45) is 0 Å². The molecule has 8 heteroatoms. The molecule has 3 rings (SSSR count). The third-order valence-electron chi connectivity index (χ3n) is 3.34. The largest absolute Gasteiger partial charge is 0.495 e. The molecule has 0 fully saturated rings. The third kappa shape index (κ3) is 3.94. The lowest BCUT2D eigenvalue weighted by molar-refractivity contribution is -0.118. The minimum Gasteiger partial charge on any atom is -0.495 e. The Morgan fingerprint density at radius 3 is 2.48 bits per heavy atom. The number of halogens is 1. The Hall–Kier alpha value is -2.51. The number of fused-ring (bicyclic) bond motifs is 1. The van der Waals surface area contributed by atoms with Gasteiger partial charge in [0, 0.05) is 5.02 Å². The van der Waals surface area contributed by atoms with Gasteiger partial charge < -0.3 is 14.2 Å². The molecule has 130 valence electrons. The predicted molar refractivity (Wildman–Crippen MR) is 98.3 cm³/mol. The summed E-state index contributed by atoms with van der Waals surface area (Å²) in [5.74, 6) is 1.54. The van der Waals surface area contributed by atoms with Crippen molar-refractivity contribution in [3.8, 4) is 17.2 Å². The Balaban J connectivity index is 1.71. The summed E-state index contributed by atoms with van der Waals surface area (Å²) in [7, 11) is 3.15. The number of hydrogen-bond donors (Lipinski definition) is 1. The van der Waals surface area contributed by atoms with Gasteiger partial charge in [0.2, 0.25) is 0 Å². The van der Waals surface area contributed by atoms with E-state index in [0.717, 1.165) is 4.70 Å². The molecule has 0 unspecified atom stereocenters. The molecular weight excluding hydrogens is 364 g/mol. The van der Waals surface area contributed by atoms with Crippen molar-refractivity contribution >= 4 is 44.2 Å². The van der Waals surface area contributed by atoms with Gasteiger partial charge in [0.1, 0.15) is 27.5 Å². The zero-order chi connectivity index (χ0) is 17.8. The van der Waals surface area contributed by atoms with Crippen molar-refractivity contribution in [2.75, 3.05) is 26.1 Å². The number of rotatable bonds is 6. The molecule has 0 aliphatic carbocycles. The summed E-state index contributed by atoms with van der Waals surface area (Å²) in [5, 5.41) is 3.77. The second-order valence-electron chi connectivity index (χ2n) is 4.96. The monoisotopic (exact) mass is 378 g/mol. The van der Waals surface area contributed by atoms with Gasteiger partial charge in [0.05, 0.1) is 14.2 Å². The number of carbonyl (C=O) groups excluding carboxylic acids is 1. The predicted octanol–water partition coefficient (Wildman–Crippen LogP) is 3.98. The molecule has 0 saturated heterocycles. The summed E-state index contributed by atoms with van der Waals surface area (Å²) >= 11 is 7.12. The van der Waals surface area contributed by atoms with Crippen LogP contribution in [-0.4, -0.2) is 31.7 Å². The lowest BCUT2D eigenvalue weighted by Gasteiger charge is -2.05. The van der Waals surface area contributed by atoms with Gasteiger partial charge in [-0.25, -0.2) is 4.98 Å². The van der Waals surface area contributed by atoms with Crippen LogP contribution in [0.15, 0.2) is 36.4 Å². The highest BCUT2D eigenvalue weighted by Gasteiger charge is 2.15. The Labute approximate surface area is 153 Å². The normalized spacial score (nSPS) is 10.5. The van der Waals surface area contributed by atoms with Crippen molar-refractivity contribution < 1.29 is 19.0 Å². The van der Waals surface area contributed by atoms with Crippen LogP contribution in [0.4, 0.5) is 5.13 Å². The van der Waals surface area contributed by atoms with Gasteiger partial charge in [-0.15, -0.1) is 0 Å². The summed E-state index contributed by atoms with van der Waals surface area (Å²) in [5.41, 5.74) is 0.640. The highest BCUT2D eigenvalue weighted by molar-refractivity contribution is 7.22. The molecule has 0 bridgehead atoms. The highest BCUT2D eigenvalue weighted by Crippen LogP contribution is 2.38. The van der Waals surface area contributed by atoms with Crippen molar-refractivity contribution in [1.29, 1.82) is 0 Å². The lowest BCUT2D eigenvalue weighted by atomic mass is 10.3. The first-order valence-corrected chi connectivity index (χ1v) is 8.50. The van der Waals surface area contributed by atoms with E-state index in [2.05, 4.69) is 10.3 Å². The van der Waals surface area contributed by atoms with Crippen LogP contribution in [0, 0.1) is 0 Å². The van der Waals surface area contributed by atoms with Crippen LogP contribution < -0.4 is 19.5 Å². The number of aromatic nitrogens is 1. The van der Waals surface area contributed by atoms with Crippen molar-refractivity contribution in [3.05, 3.63) is 41.4 Å². The number of hydrogen-bond acceptors (Lipinski definition) is 6. The van der Waals surface area contributed by atoms with Gasteiger partial charge in [-0.1, -0.05) is 22.9 Å². The van der Waals surface area contributed by atoms with Crippen LogP contribution in [-0.2, 0) is 4.79 Å². The zero-order valence-electron chi connectivity index (χ0n) is 13.5. The fourth-order valence-corrected chi connectivity index (χ4v) is 3.29. The molecule has 3 aromatic rings. The van der Waals surface area contributed by atoms with Crippen LogP contribution >= 0.6 is 22.9 Å². The topological polar surface area (TPSA) is 69.7 Å². The summed E-state index contributed by atoms with van der Waals surface area (Å²) in [6.45, 7) is -0.133. The number of nitrogens with one attached hydrogen (secondary N) is 1. The van der Waals surface area contributed by atoms with Gasteiger partial charge >= 0.3 is 0 Å². The number of thiazole rings is 1. The third-order valence-corrected chi connectivity index (χ3v) is 4.58. The number of nitrogens with zero attached hydrogens (tertiary/aromatic N) is 1. The Kier molecular flexibility index (Phi) is 5.25. The Morgan fingerprint density at radius 2 is 1.80 bits per heavy atom.